The Hall–Kier alpha value is -2.73. The molecule has 0 fully saturated rings. The predicted molar refractivity (Wildman–Crippen MR) is 140 cm³/mol. The number of rotatable bonds is 11. The largest absolute Gasteiger partial charge is 0.497 e. The minimum absolute atomic E-state index is 0. The van der Waals surface area contributed by atoms with Crippen molar-refractivity contribution in [3.05, 3.63) is 89.5 Å². The number of likely N-dealkylation sites (N-methyl/N-ethyl adjacent to an activating group) is 1. The van der Waals surface area contributed by atoms with Crippen LogP contribution >= 0.6 is 12.4 Å². The molecule has 0 amide bonds. The van der Waals surface area contributed by atoms with Gasteiger partial charge in [-0.1, -0.05) is 43.3 Å². The van der Waals surface area contributed by atoms with Gasteiger partial charge < -0.3 is 24.2 Å². The minimum atomic E-state index is -1.24. The summed E-state index contributed by atoms with van der Waals surface area (Å²) in [5.41, 5.74) is 1.43. The second-order valence-electron chi connectivity index (χ2n) is 8.40. The van der Waals surface area contributed by atoms with Crippen molar-refractivity contribution >= 4 is 12.4 Å². The van der Waals surface area contributed by atoms with Crippen molar-refractivity contribution in [2.75, 3.05) is 41.5 Å². The number of hydrogen-bond donors (Lipinski definition) is 1. The molecule has 34 heavy (non-hydrogen) atoms. The molecular weight excluding hydrogens is 450 g/mol. The Morgan fingerprint density at radius 2 is 1.21 bits per heavy atom. The van der Waals surface area contributed by atoms with E-state index in [0.717, 1.165) is 46.9 Å². The highest BCUT2D eigenvalue weighted by molar-refractivity contribution is 5.85. The van der Waals surface area contributed by atoms with Gasteiger partial charge in [-0.2, -0.15) is 0 Å². The molecule has 0 aromatic heterocycles. The van der Waals surface area contributed by atoms with Crippen molar-refractivity contribution in [2.24, 2.45) is 0 Å². The third-order valence-corrected chi connectivity index (χ3v) is 6.06. The van der Waals surface area contributed by atoms with Crippen LogP contribution in [-0.4, -0.2) is 51.5 Å². The maximum absolute atomic E-state index is 12.4. The first kappa shape index (κ1) is 27.5. The molecular formula is C28H36ClNO4. The number of benzene rings is 3. The Bertz CT molecular complexity index is 990. The summed E-state index contributed by atoms with van der Waals surface area (Å²) in [5, 5.41) is 12.4. The summed E-state index contributed by atoms with van der Waals surface area (Å²) in [7, 11) is 7.33. The van der Waals surface area contributed by atoms with Crippen molar-refractivity contribution in [3.63, 3.8) is 0 Å². The molecule has 184 valence electrons. The molecule has 3 aromatic rings. The predicted octanol–water partition coefficient (Wildman–Crippen LogP) is 5.50. The zero-order chi connectivity index (χ0) is 23.8. The van der Waals surface area contributed by atoms with Gasteiger partial charge in [-0.05, 0) is 73.6 Å². The fourth-order valence-corrected chi connectivity index (χ4v) is 4.17. The Kier molecular flexibility index (Phi) is 10.2. The van der Waals surface area contributed by atoms with Gasteiger partial charge >= 0.3 is 0 Å². The molecule has 2 atom stereocenters. The van der Waals surface area contributed by atoms with Gasteiger partial charge in [0.1, 0.15) is 29.5 Å². The van der Waals surface area contributed by atoms with Crippen molar-refractivity contribution < 1.29 is 19.3 Å². The average Bonchev–Trinajstić information content (AvgIpc) is 2.85. The van der Waals surface area contributed by atoms with Crippen molar-refractivity contribution in [2.45, 2.75) is 24.9 Å². The van der Waals surface area contributed by atoms with Crippen LogP contribution in [0.5, 0.6) is 17.2 Å². The van der Waals surface area contributed by atoms with E-state index in [0.29, 0.717) is 6.61 Å². The molecule has 1 N–H and O–H groups in total. The molecule has 0 aliphatic carbocycles. The third kappa shape index (κ3) is 6.23. The van der Waals surface area contributed by atoms with E-state index in [4.69, 9.17) is 14.2 Å². The lowest BCUT2D eigenvalue weighted by atomic mass is 9.72. The van der Waals surface area contributed by atoms with E-state index in [9.17, 15) is 5.11 Å². The highest BCUT2D eigenvalue weighted by Gasteiger charge is 2.40. The molecule has 3 aromatic carbocycles. The second kappa shape index (κ2) is 12.7. The molecule has 2 unspecified atom stereocenters. The first-order valence-corrected chi connectivity index (χ1v) is 11.3. The summed E-state index contributed by atoms with van der Waals surface area (Å²) < 4.78 is 16.5. The molecule has 0 radical (unpaired) electrons. The average molecular weight is 486 g/mol. The zero-order valence-electron chi connectivity index (χ0n) is 20.7. The fraction of sp³-hybridized carbons (Fsp3) is 0.357. The first-order chi connectivity index (χ1) is 15.9. The van der Waals surface area contributed by atoms with Crippen molar-refractivity contribution in [1.29, 1.82) is 0 Å². The van der Waals surface area contributed by atoms with Gasteiger partial charge in [0.25, 0.3) is 0 Å². The molecule has 0 heterocycles. The zero-order valence-corrected chi connectivity index (χ0v) is 21.5. The molecule has 0 saturated heterocycles. The van der Waals surface area contributed by atoms with Gasteiger partial charge in [-0.15, -0.1) is 12.4 Å². The van der Waals surface area contributed by atoms with Crippen LogP contribution in [0.3, 0.4) is 0 Å². The lowest BCUT2D eigenvalue weighted by molar-refractivity contribution is 0.0475. The van der Waals surface area contributed by atoms with Gasteiger partial charge in [0.2, 0.25) is 0 Å². The SMILES string of the molecule is CCC(c1ccc(OC)cc1)C(O)(c1ccc(OC)cc1)c1ccc(OCCN(C)C)cc1.Cl. The summed E-state index contributed by atoms with van der Waals surface area (Å²) in [4.78, 5) is 2.08. The summed E-state index contributed by atoms with van der Waals surface area (Å²) in [6, 6.07) is 23.4. The van der Waals surface area contributed by atoms with Gasteiger partial charge in [0.15, 0.2) is 0 Å². The molecule has 0 spiro atoms. The monoisotopic (exact) mass is 485 g/mol. The number of halogens is 1. The number of hydrogen-bond acceptors (Lipinski definition) is 5. The van der Waals surface area contributed by atoms with Crippen LogP contribution in [-0.2, 0) is 5.60 Å². The standard InChI is InChI=1S/C28H35NO4.ClH/c1-6-27(21-7-13-24(31-4)14-8-21)28(30,22-9-15-25(32-5)16-10-22)23-11-17-26(18-12-23)33-20-19-29(2)3;/h7-18,27,30H,6,19-20H2,1-5H3;1H. The highest BCUT2D eigenvalue weighted by atomic mass is 35.5. The maximum atomic E-state index is 12.4. The van der Waals surface area contributed by atoms with Crippen LogP contribution in [0.1, 0.15) is 36.0 Å². The number of methoxy groups -OCH3 is 2. The van der Waals surface area contributed by atoms with E-state index >= 15 is 0 Å². The molecule has 0 aliphatic heterocycles. The van der Waals surface area contributed by atoms with Gasteiger partial charge in [0, 0.05) is 12.5 Å². The Balaban J connectivity index is 0.00000408. The van der Waals surface area contributed by atoms with Crippen LogP contribution in [0, 0.1) is 0 Å². The van der Waals surface area contributed by atoms with E-state index in [2.05, 4.69) is 11.8 Å². The lowest BCUT2D eigenvalue weighted by Gasteiger charge is -2.37. The quantitative estimate of drug-likeness (QED) is 0.389. The van der Waals surface area contributed by atoms with E-state index in [-0.39, 0.29) is 18.3 Å². The van der Waals surface area contributed by atoms with E-state index in [1.807, 2.05) is 86.9 Å². The van der Waals surface area contributed by atoms with E-state index in [1.165, 1.54) is 0 Å². The third-order valence-electron chi connectivity index (χ3n) is 6.06. The topological polar surface area (TPSA) is 51.2 Å². The highest BCUT2D eigenvalue weighted by Crippen LogP contribution is 2.45. The normalized spacial score (nSPS) is 13.5. The summed E-state index contributed by atoms with van der Waals surface area (Å²) in [6.45, 7) is 3.55. The maximum Gasteiger partial charge on any atom is 0.121 e. The van der Waals surface area contributed by atoms with E-state index < -0.39 is 5.60 Å². The minimum Gasteiger partial charge on any atom is -0.497 e. The van der Waals surface area contributed by atoms with Crippen molar-refractivity contribution in [1.82, 2.24) is 4.90 Å². The summed E-state index contributed by atoms with van der Waals surface area (Å²) in [6.07, 6.45) is 0.746. The van der Waals surface area contributed by atoms with Crippen molar-refractivity contribution in [3.8, 4) is 17.2 Å². The Morgan fingerprint density at radius 3 is 1.62 bits per heavy atom. The summed E-state index contributed by atoms with van der Waals surface area (Å²) >= 11 is 0. The number of nitrogens with zero attached hydrogens (tertiary/aromatic N) is 1. The van der Waals surface area contributed by atoms with Crippen LogP contribution in [0.15, 0.2) is 72.8 Å². The van der Waals surface area contributed by atoms with Gasteiger partial charge in [0.05, 0.1) is 14.2 Å². The Morgan fingerprint density at radius 1 is 0.765 bits per heavy atom. The van der Waals surface area contributed by atoms with E-state index in [1.54, 1.807) is 14.2 Å². The number of aliphatic hydroxyl groups is 1. The molecule has 5 nitrogen and oxygen atoms in total. The van der Waals surface area contributed by atoms with Crippen LogP contribution in [0.2, 0.25) is 0 Å². The van der Waals surface area contributed by atoms with Crippen LogP contribution in [0.25, 0.3) is 0 Å². The summed E-state index contributed by atoms with van der Waals surface area (Å²) in [5.74, 6) is 2.16. The molecule has 3 rings (SSSR count). The number of ether oxygens (including phenoxy) is 3. The Labute approximate surface area is 209 Å². The van der Waals surface area contributed by atoms with Gasteiger partial charge in [-0.3, -0.25) is 0 Å². The molecule has 0 saturated carbocycles. The molecule has 0 bridgehead atoms. The van der Waals surface area contributed by atoms with Crippen LogP contribution in [0.4, 0.5) is 0 Å². The fourth-order valence-electron chi connectivity index (χ4n) is 4.17. The second-order valence-corrected chi connectivity index (χ2v) is 8.40. The first-order valence-electron chi connectivity index (χ1n) is 11.3. The lowest BCUT2D eigenvalue weighted by Crippen LogP contribution is -2.34. The van der Waals surface area contributed by atoms with Crippen LogP contribution < -0.4 is 14.2 Å². The molecule has 6 heteroatoms. The molecule has 0 aliphatic rings. The smallest absolute Gasteiger partial charge is 0.121 e. The van der Waals surface area contributed by atoms with Gasteiger partial charge in [-0.25, -0.2) is 0 Å².